The maximum atomic E-state index is 11.2. The molecule has 2 rings (SSSR count). The van der Waals surface area contributed by atoms with Gasteiger partial charge in [-0.2, -0.15) is 0 Å². The SMILES string of the molecule is C[S@](=O)c1ccc(C2CCNCC2)cc1. The van der Waals surface area contributed by atoms with Crippen molar-refractivity contribution in [2.75, 3.05) is 19.3 Å². The summed E-state index contributed by atoms with van der Waals surface area (Å²) in [6.45, 7) is 2.23. The first kappa shape index (κ1) is 10.8. The van der Waals surface area contributed by atoms with Gasteiger partial charge in [-0.3, -0.25) is 4.21 Å². The largest absolute Gasteiger partial charge is 0.317 e. The second-order valence-electron chi connectivity index (χ2n) is 4.05. The standard InChI is InChI=1S/C12H17NOS/c1-15(14)12-4-2-10(3-5-12)11-6-8-13-9-7-11/h2-5,11,13H,6-9H2,1H3/t15-/m0/s1. The maximum absolute atomic E-state index is 11.2. The van der Waals surface area contributed by atoms with E-state index in [1.807, 2.05) is 12.1 Å². The summed E-state index contributed by atoms with van der Waals surface area (Å²) in [5, 5.41) is 3.37. The van der Waals surface area contributed by atoms with Crippen molar-refractivity contribution in [1.29, 1.82) is 0 Å². The lowest BCUT2D eigenvalue weighted by atomic mass is 9.90. The van der Waals surface area contributed by atoms with Crippen molar-refractivity contribution in [3.05, 3.63) is 29.8 Å². The summed E-state index contributed by atoms with van der Waals surface area (Å²) in [4.78, 5) is 0.924. The molecule has 0 aromatic heterocycles. The Morgan fingerprint density at radius 3 is 2.33 bits per heavy atom. The topological polar surface area (TPSA) is 29.1 Å². The Labute approximate surface area is 93.5 Å². The monoisotopic (exact) mass is 223 g/mol. The highest BCUT2D eigenvalue weighted by Gasteiger charge is 2.14. The Balaban J connectivity index is 2.11. The normalized spacial score (nSPS) is 20.1. The third-order valence-corrected chi connectivity index (χ3v) is 3.96. The minimum atomic E-state index is -0.854. The number of benzene rings is 1. The fraction of sp³-hybridized carbons (Fsp3) is 0.500. The molecule has 0 bridgehead atoms. The van der Waals surface area contributed by atoms with Crippen molar-refractivity contribution < 1.29 is 4.21 Å². The second kappa shape index (κ2) is 4.90. The number of hydrogen-bond acceptors (Lipinski definition) is 2. The molecule has 0 unspecified atom stereocenters. The van der Waals surface area contributed by atoms with E-state index >= 15 is 0 Å². The van der Waals surface area contributed by atoms with Crippen LogP contribution < -0.4 is 5.32 Å². The molecule has 1 atom stereocenters. The summed E-state index contributed by atoms with van der Waals surface area (Å²) >= 11 is 0. The molecular weight excluding hydrogens is 206 g/mol. The van der Waals surface area contributed by atoms with Crippen LogP contribution in [0.2, 0.25) is 0 Å². The lowest BCUT2D eigenvalue weighted by Crippen LogP contribution is -2.26. The van der Waals surface area contributed by atoms with Crippen LogP contribution in [0.25, 0.3) is 0 Å². The van der Waals surface area contributed by atoms with E-state index < -0.39 is 10.8 Å². The molecule has 1 saturated heterocycles. The molecule has 1 aromatic carbocycles. The van der Waals surface area contributed by atoms with E-state index in [-0.39, 0.29) is 0 Å². The van der Waals surface area contributed by atoms with Crippen molar-refractivity contribution in [3.63, 3.8) is 0 Å². The van der Waals surface area contributed by atoms with Crippen molar-refractivity contribution in [2.24, 2.45) is 0 Å². The highest BCUT2D eigenvalue weighted by atomic mass is 32.2. The third kappa shape index (κ3) is 2.67. The Hall–Kier alpha value is -0.670. The molecule has 1 heterocycles. The van der Waals surface area contributed by atoms with E-state index in [1.165, 1.54) is 18.4 Å². The summed E-state index contributed by atoms with van der Waals surface area (Å²) in [6.07, 6.45) is 4.16. The van der Waals surface area contributed by atoms with Crippen LogP contribution in [0.5, 0.6) is 0 Å². The first-order valence-corrected chi connectivity index (χ1v) is 6.97. The first-order chi connectivity index (χ1) is 7.27. The molecule has 0 aliphatic carbocycles. The van der Waals surface area contributed by atoms with E-state index in [0.29, 0.717) is 5.92 Å². The molecule has 2 nitrogen and oxygen atoms in total. The van der Waals surface area contributed by atoms with Crippen molar-refractivity contribution >= 4 is 10.8 Å². The zero-order valence-corrected chi connectivity index (χ0v) is 9.85. The average molecular weight is 223 g/mol. The van der Waals surface area contributed by atoms with E-state index in [1.54, 1.807) is 6.26 Å². The van der Waals surface area contributed by atoms with Gasteiger partial charge in [0.25, 0.3) is 0 Å². The summed E-state index contributed by atoms with van der Waals surface area (Å²) in [7, 11) is -0.854. The zero-order valence-electron chi connectivity index (χ0n) is 9.03. The number of rotatable bonds is 2. The molecule has 82 valence electrons. The van der Waals surface area contributed by atoms with E-state index in [9.17, 15) is 4.21 Å². The molecule has 0 radical (unpaired) electrons. The number of hydrogen-bond donors (Lipinski definition) is 1. The Morgan fingerprint density at radius 2 is 1.80 bits per heavy atom. The molecular formula is C12H17NOS. The van der Waals surface area contributed by atoms with Gasteiger partial charge >= 0.3 is 0 Å². The zero-order chi connectivity index (χ0) is 10.7. The predicted octanol–water partition coefficient (Wildman–Crippen LogP) is 1.89. The van der Waals surface area contributed by atoms with Crippen molar-refractivity contribution in [3.8, 4) is 0 Å². The van der Waals surface area contributed by atoms with Crippen molar-refractivity contribution in [2.45, 2.75) is 23.7 Å². The van der Waals surface area contributed by atoms with E-state index in [4.69, 9.17) is 0 Å². The lowest BCUT2D eigenvalue weighted by molar-refractivity contribution is 0.460. The highest BCUT2D eigenvalue weighted by molar-refractivity contribution is 7.84. The van der Waals surface area contributed by atoms with Crippen LogP contribution >= 0.6 is 0 Å². The van der Waals surface area contributed by atoms with Gasteiger partial charge in [-0.15, -0.1) is 0 Å². The molecule has 1 aromatic rings. The van der Waals surface area contributed by atoms with Crippen LogP contribution in [-0.4, -0.2) is 23.6 Å². The van der Waals surface area contributed by atoms with E-state index in [2.05, 4.69) is 17.4 Å². The highest BCUT2D eigenvalue weighted by Crippen LogP contribution is 2.25. The molecule has 1 aliphatic heterocycles. The summed E-state index contributed by atoms with van der Waals surface area (Å²) in [6, 6.07) is 8.25. The Bertz CT molecular complexity index is 341. The molecule has 1 aliphatic rings. The van der Waals surface area contributed by atoms with Gasteiger partial charge in [-0.25, -0.2) is 0 Å². The second-order valence-corrected chi connectivity index (χ2v) is 5.43. The predicted molar refractivity (Wildman–Crippen MR) is 63.6 cm³/mol. The van der Waals surface area contributed by atoms with Gasteiger partial charge in [0.1, 0.15) is 0 Å². The van der Waals surface area contributed by atoms with Crippen LogP contribution in [0, 0.1) is 0 Å². The molecule has 3 heteroatoms. The number of nitrogens with one attached hydrogen (secondary N) is 1. The Kier molecular flexibility index (Phi) is 3.54. The van der Waals surface area contributed by atoms with Crippen LogP contribution in [0.4, 0.5) is 0 Å². The van der Waals surface area contributed by atoms with Crippen LogP contribution in [-0.2, 0) is 10.8 Å². The van der Waals surface area contributed by atoms with Gasteiger partial charge in [-0.05, 0) is 49.5 Å². The quantitative estimate of drug-likeness (QED) is 0.829. The van der Waals surface area contributed by atoms with Crippen LogP contribution in [0.1, 0.15) is 24.3 Å². The average Bonchev–Trinajstić information content (AvgIpc) is 2.30. The fourth-order valence-electron chi connectivity index (χ4n) is 2.09. The first-order valence-electron chi connectivity index (χ1n) is 5.41. The van der Waals surface area contributed by atoms with Gasteiger partial charge in [0.2, 0.25) is 0 Å². The van der Waals surface area contributed by atoms with Gasteiger partial charge < -0.3 is 5.32 Å². The molecule has 0 spiro atoms. The van der Waals surface area contributed by atoms with Crippen LogP contribution in [0.15, 0.2) is 29.2 Å². The lowest BCUT2D eigenvalue weighted by Gasteiger charge is -2.22. The minimum absolute atomic E-state index is 0.686. The third-order valence-electron chi connectivity index (χ3n) is 3.02. The number of piperidine rings is 1. The maximum Gasteiger partial charge on any atom is 0.0498 e. The summed E-state index contributed by atoms with van der Waals surface area (Å²) in [5.41, 5.74) is 1.39. The van der Waals surface area contributed by atoms with Crippen molar-refractivity contribution in [1.82, 2.24) is 5.32 Å². The molecule has 15 heavy (non-hydrogen) atoms. The smallest absolute Gasteiger partial charge is 0.0498 e. The van der Waals surface area contributed by atoms with Gasteiger partial charge in [0.15, 0.2) is 0 Å². The summed E-state index contributed by atoms with van der Waals surface area (Å²) in [5.74, 6) is 0.686. The van der Waals surface area contributed by atoms with Gasteiger partial charge in [0.05, 0.1) is 0 Å². The van der Waals surface area contributed by atoms with E-state index in [0.717, 1.165) is 18.0 Å². The van der Waals surface area contributed by atoms with Gasteiger partial charge in [0, 0.05) is 22.0 Å². The summed E-state index contributed by atoms with van der Waals surface area (Å²) < 4.78 is 11.2. The molecule has 1 N–H and O–H groups in total. The molecule has 0 amide bonds. The molecule has 0 saturated carbocycles. The molecule has 1 fully saturated rings. The Morgan fingerprint density at radius 1 is 1.20 bits per heavy atom. The minimum Gasteiger partial charge on any atom is -0.317 e. The van der Waals surface area contributed by atoms with Crippen LogP contribution in [0.3, 0.4) is 0 Å². The van der Waals surface area contributed by atoms with Gasteiger partial charge in [-0.1, -0.05) is 12.1 Å². The fourth-order valence-corrected chi connectivity index (χ4v) is 2.61.